The van der Waals surface area contributed by atoms with E-state index in [2.05, 4.69) is 15.1 Å². The molecule has 0 amide bonds. The summed E-state index contributed by atoms with van der Waals surface area (Å²) in [6, 6.07) is 8.08. The topological polar surface area (TPSA) is 46.3 Å². The predicted octanol–water partition coefficient (Wildman–Crippen LogP) is 2.55. The van der Waals surface area contributed by atoms with E-state index in [0.29, 0.717) is 17.5 Å². The summed E-state index contributed by atoms with van der Waals surface area (Å²) in [6.07, 6.45) is 1.42. The van der Waals surface area contributed by atoms with Crippen molar-refractivity contribution in [2.24, 2.45) is 0 Å². The highest BCUT2D eigenvalue weighted by atomic mass is 35.5. The zero-order chi connectivity index (χ0) is 14.1. The highest BCUT2D eigenvalue weighted by Gasteiger charge is 2.11. The van der Waals surface area contributed by atoms with Crippen LogP contribution in [0.1, 0.15) is 5.56 Å². The summed E-state index contributed by atoms with van der Waals surface area (Å²) in [7, 11) is 1.90. The molecule has 0 radical (unpaired) electrons. The van der Waals surface area contributed by atoms with E-state index in [1.54, 1.807) is 22.7 Å². The first-order valence-electron chi connectivity index (χ1n) is 5.95. The second-order valence-electron chi connectivity index (χ2n) is 4.39. The zero-order valence-corrected chi connectivity index (χ0v) is 11.4. The number of aromatic nitrogens is 4. The number of anilines is 1. The molecule has 0 aliphatic heterocycles. The van der Waals surface area contributed by atoms with Gasteiger partial charge >= 0.3 is 0 Å². The molecule has 2 heterocycles. The molecule has 5 nitrogen and oxygen atoms in total. The van der Waals surface area contributed by atoms with Crippen LogP contribution >= 0.6 is 11.6 Å². The van der Waals surface area contributed by atoms with Crippen molar-refractivity contribution in [3.05, 3.63) is 53.2 Å². The van der Waals surface area contributed by atoms with Gasteiger partial charge in [0.1, 0.15) is 23.1 Å². The van der Waals surface area contributed by atoms with Crippen LogP contribution in [0.5, 0.6) is 0 Å². The third-order valence-corrected chi connectivity index (χ3v) is 3.12. The van der Waals surface area contributed by atoms with E-state index in [1.165, 1.54) is 18.5 Å². The van der Waals surface area contributed by atoms with Crippen LogP contribution in [0.3, 0.4) is 0 Å². The van der Waals surface area contributed by atoms with Crippen LogP contribution < -0.4 is 4.90 Å². The molecule has 3 rings (SSSR count). The van der Waals surface area contributed by atoms with E-state index in [9.17, 15) is 4.39 Å². The Hall–Kier alpha value is -2.21. The van der Waals surface area contributed by atoms with Crippen LogP contribution in [0, 0.1) is 5.82 Å². The predicted molar refractivity (Wildman–Crippen MR) is 74.3 cm³/mol. The average molecular weight is 292 g/mol. The van der Waals surface area contributed by atoms with E-state index >= 15 is 0 Å². The van der Waals surface area contributed by atoms with Crippen molar-refractivity contribution in [2.45, 2.75) is 6.54 Å². The van der Waals surface area contributed by atoms with Gasteiger partial charge in [-0.3, -0.25) is 0 Å². The Morgan fingerprint density at radius 3 is 2.80 bits per heavy atom. The molecule has 2 aromatic heterocycles. The van der Waals surface area contributed by atoms with Crippen LogP contribution in [0.25, 0.3) is 5.78 Å². The van der Waals surface area contributed by atoms with Gasteiger partial charge in [-0.2, -0.15) is 19.6 Å². The number of hydrogen-bond donors (Lipinski definition) is 0. The molecular formula is C13H11ClFN5. The summed E-state index contributed by atoms with van der Waals surface area (Å²) in [5, 5.41) is 4.47. The second-order valence-corrected chi connectivity index (χ2v) is 4.78. The minimum atomic E-state index is -0.248. The Balaban J connectivity index is 1.93. The van der Waals surface area contributed by atoms with Gasteiger partial charge in [0.05, 0.1) is 0 Å². The van der Waals surface area contributed by atoms with Gasteiger partial charge < -0.3 is 4.90 Å². The molecule has 0 bridgehead atoms. The molecule has 0 aliphatic carbocycles. The zero-order valence-electron chi connectivity index (χ0n) is 10.7. The van der Waals surface area contributed by atoms with Gasteiger partial charge in [-0.25, -0.2) is 4.39 Å². The van der Waals surface area contributed by atoms with Crippen molar-refractivity contribution < 1.29 is 4.39 Å². The van der Waals surface area contributed by atoms with E-state index in [1.807, 2.05) is 11.9 Å². The largest absolute Gasteiger partial charge is 0.355 e. The monoisotopic (exact) mass is 291 g/mol. The van der Waals surface area contributed by atoms with Crippen LogP contribution in [-0.2, 0) is 6.54 Å². The summed E-state index contributed by atoms with van der Waals surface area (Å²) < 4.78 is 14.5. The molecular weight excluding hydrogens is 281 g/mol. The number of fused-ring (bicyclic) bond motifs is 1. The first-order chi connectivity index (χ1) is 9.63. The fourth-order valence-electron chi connectivity index (χ4n) is 1.99. The molecule has 0 unspecified atom stereocenters. The molecule has 0 N–H and O–H groups in total. The standard InChI is InChI=1S/C13H11ClFN5/c1-19(7-9-2-4-10(15)5-3-9)12-6-11(14)18-13-16-8-17-20(12)13/h2-6,8H,7H2,1H3. The van der Waals surface area contributed by atoms with E-state index in [0.717, 1.165) is 11.4 Å². The van der Waals surface area contributed by atoms with Crippen molar-refractivity contribution in [2.75, 3.05) is 11.9 Å². The molecule has 0 atom stereocenters. The molecule has 7 heteroatoms. The lowest BCUT2D eigenvalue weighted by atomic mass is 10.2. The quantitative estimate of drug-likeness (QED) is 0.696. The molecule has 0 spiro atoms. The fourth-order valence-corrected chi connectivity index (χ4v) is 2.16. The highest BCUT2D eigenvalue weighted by molar-refractivity contribution is 6.29. The van der Waals surface area contributed by atoms with Crippen molar-refractivity contribution in [3.63, 3.8) is 0 Å². The number of nitrogens with zero attached hydrogens (tertiary/aromatic N) is 5. The van der Waals surface area contributed by atoms with Crippen molar-refractivity contribution in [1.29, 1.82) is 0 Å². The molecule has 3 aromatic rings. The van der Waals surface area contributed by atoms with Gasteiger partial charge in [0.2, 0.25) is 0 Å². The lowest BCUT2D eigenvalue weighted by molar-refractivity contribution is 0.627. The highest BCUT2D eigenvalue weighted by Crippen LogP contribution is 2.19. The molecule has 0 aliphatic rings. The molecule has 1 aromatic carbocycles. The van der Waals surface area contributed by atoms with Gasteiger partial charge in [-0.1, -0.05) is 23.7 Å². The van der Waals surface area contributed by atoms with E-state index < -0.39 is 0 Å². The van der Waals surface area contributed by atoms with Gasteiger partial charge in [0, 0.05) is 19.7 Å². The first-order valence-corrected chi connectivity index (χ1v) is 6.33. The Kier molecular flexibility index (Phi) is 3.23. The number of benzene rings is 1. The summed E-state index contributed by atoms with van der Waals surface area (Å²) in [4.78, 5) is 10.0. The van der Waals surface area contributed by atoms with Gasteiger partial charge in [-0.15, -0.1) is 0 Å². The fraction of sp³-hybridized carbons (Fsp3) is 0.154. The summed E-state index contributed by atoms with van der Waals surface area (Å²) >= 11 is 5.98. The summed E-state index contributed by atoms with van der Waals surface area (Å²) in [5.74, 6) is 0.960. The molecule has 0 saturated heterocycles. The SMILES string of the molecule is CN(Cc1ccc(F)cc1)c1cc(Cl)nc2ncnn12. The third-order valence-electron chi connectivity index (χ3n) is 2.93. The number of halogens is 2. The number of rotatable bonds is 3. The molecule has 102 valence electrons. The van der Waals surface area contributed by atoms with Crippen molar-refractivity contribution in [3.8, 4) is 0 Å². The molecule has 20 heavy (non-hydrogen) atoms. The van der Waals surface area contributed by atoms with Gasteiger partial charge in [0.15, 0.2) is 0 Å². The van der Waals surface area contributed by atoms with Crippen LogP contribution in [0.2, 0.25) is 5.15 Å². The maximum Gasteiger partial charge on any atom is 0.255 e. The Bertz CT molecular complexity index is 740. The Morgan fingerprint density at radius 2 is 2.05 bits per heavy atom. The van der Waals surface area contributed by atoms with Gasteiger partial charge in [0.25, 0.3) is 5.78 Å². The Labute approximate surface area is 119 Å². The van der Waals surface area contributed by atoms with Crippen molar-refractivity contribution in [1.82, 2.24) is 19.6 Å². The van der Waals surface area contributed by atoms with Gasteiger partial charge in [-0.05, 0) is 17.7 Å². The third kappa shape index (κ3) is 2.42. The van der Waals surface area contributed by atoms with Crippen LogP contribution in [0.15, 0.2) is 36.7 Å². The van der Waals surface area contributed by atoms with Crippen molar-refractivity contribution >= 4 is 23.2 Å². The molecule has 0 saturated carbocycles. The van der Waals surface area contributed by atoms with Crippen LogP contribution in [-0.4, -0.2) is 26.6 Å². The average Bonchev–Trinajstić information content (AvgIpc) is 2.88. The lowest BCUT2D eigenvalue weighted by Gasteiger charge is -2.19. The van der Waals surface area contributed by atoms with E-state index in [-0.39, 0.29) is 5.82 Å². The summed E-state index contributed by atoms with van der Waals surface area (Å²) in [5.41, 5.74) is 0.982. The minimum Gasteiger partial charge on any atom is -0.355 e. The minimum absolute atomic E-state index is 0.248. The molecule has 0 fully saturated rings. The number of hydrogen-bond acceptors (Lipinski definition) is 4. The summed E-state index contributed by atoms with van der Waals surface area (Å²) in [6.45, 7) is 0.593. The Morgan fingerprint density at radius 1 is 1.30 bits per heavy atom. The van der Waals surface area contributed by atoms with E-state index in [4.69, 9.17) is 11.6 Å². The van der Waals surface area contributed by atoms with Crippen LogP contribution in [0.4, 0.5) is 10.2 Å². The second kappa shape index (κ2) is 5.05. The lowest BCUT2D eigenvalue weighted by Crippen LogP contribution is -2.20. The maximum atomic E-state index is 12.9. The normalized spacial score (nSPS) is 10.9. The maximum absolute atomic E-state index is 12.9. The smallest absolute Gasteiger partial charge is 0.255 e. The first kappa shape index (κ1) is 12.8.